The Morgan fingerprint density at radius 3 is 2.56 bits per heavy atom. The largest absolute Gasteiger partial charge is 0.338 e. The van der Waals surface area contributed by atoms with Crippen LogP contribution < -0.4 is 5.32 Å². The number of hydrogen-bond donors (Lipinski definition) is 2. The average molecular weight is 439 g/mol. The van der Waals surface area contributed by atoms with Gasteiger partial charge >= 0.3 is 0 Å². The summed E-state index contributed by atoms with van der Waals surface area (Å²) < 4.78 is 0. The number of nitrogens with one attached hydrogen (secondary N) is 2. The number of rotatable bonds is 6. The highest BCUT2D eigenvalue weighted by Gasteiger charge is 2.14. The number of para-hydroxylation sites is 3. The van der Waals surface area contributed by atoms with Crippen LogP contribution in [0.25, 0.3) is 33.0 Å². The molecule has 0 aliphatic rings. The molecule has 0 aliphatic heterocycles. The fraction of sp³-hybridized carbons (Fsp3) is 0.115. The average Bonchev–Trinajstić information content (AvgIpc) is 3.46. The lowest BCUT2D eigenvalue weighted by Gasteiger charge is -2.09. The number of nitrogens with zero attached hydrogens (tertiary/aromatic N) is 2. The molecule has 2 N–H and O–H groups in total. The predicted octanol–water partition coefficient (Wildman–Crippen LogP) is 6.10. The molecule has 158 valence electrons. The second kappa shape index (κ2) is 8.77. The summed E-state index contributed by atoms with van der Waals surface area (Å²) in [6, 6.07) is 24.0. The van der Waals surface area contributed by atoms with Gasteiger partial charge in [-0.1, -0.05) is 55.5 Å². The minimum absolute atomic E-state index is 0.105. The van der Waals surface area contributed by atoms with Crippen LogP contribution in [0.4, 0.5) is 5.69 Å². The summed E-state index contributed by atoms with van der Waals surface area (Å²) in [7, 11) is 0. The zero-order valence-electron chi connectivity index (χ0n) is 17.6. The van der Waals surface area contributed by atoms with Gasteiger partial charge < -0.3 is 10.3 Å². The molecular weight excluding hydrogens is 416 g/mol. The van der Waals surface area contributed by atoms with Crippen molar-refractivity contribution in [1.29, 1.82) is 0 Å². The molecule has 3 aromatic carbocycles. The van der Waals surface area contributed by atoms with Crippen LogP contribution in [-0.2, 0) is 17.6 Å². The molecule has 6 heteroatoms. The van der Waals surface area contributed by atoms with Crippen LogP contribution in [0.2, 0.25) is 0 Å². The second-order valence-electron chi connectivity index (χ2n) is 7.57. The molecule has 0 spiro atoms. The Kier molecular flexibility index (Phi) is 5.52. The zero-order valence-corrected chi connectivity index (χ0v) is 18.4. The molecule has 5 rings (SSSR count). The Morgan fingerprint density at radius 1 is 0.969 bits per heavy atom. The third-order valence-corrected chi connectivity index (χ3v) is 6.29. The number of anilines is 1. The number of imidazole rings is 1. The lowest BCUT2D eigenvalue weighted by Crippen LogP contribution is -2.15. The van der Waals surface area contributed by atoms with E-state index in [-0.39, 0.29) is 12.3 Å². The number of aromatic nitrogens is 3. The third kappa shape index (κ3) is 4.18. The molecule has 0 saturated heterocycles. The Bertz CT molecular complexity index is 1350. The highest BCUT2D eigenvalue weighted by Crippen LogP contribution is 2.28. The standard InChI is InChI=1S/C26H22N4OS/c1-2-17-11-13-18(14-12-17)26-27-19(16-32-26)15-24(31)28-21-8-4-3-7-20(21)25-29-22-9-5-6-10-23(22)30-25/h3-14,16H,2,15H2,1H3,(H,28,31)(H,29,30). The highest BCUT2D eigenvalue weighted by molar-refractivity contribution is 7.13. The number of benzene rings is 3. The van der Waals surface area contributed by atoms with E-state index in [0.717, 1.165) is 50.8 Å². The van der Waals surface area contributed by atoms with Crippen LogP contribution in [0.5, 0.6) is 0 Å². The van der Waals surface area contributed by atoms with Gasteiger partial charge in [0.25, 0.3) is 0 Å². The Labute approximate surface area is 190 Å². The molecular formula is C26H22N4OS. The van der Waals surface area contributed by atoms with Gasteiger partial charge in [0, 0.05) is 16.5 Å². The first-order chi connectivity index (χ1) is 15.7. The summed E-state index contributed by atoms with van der Waals surface area (Å²) in [6.45, 7) is 2.14. The molecule has 0 fully saturated rings. The lowest BCUT2D eigenvalue weighted by molar-refractivity contribution is -0.115. The van der Waals surface area contributed by atoms with Crippen molar-refractivity contribution in [3.05, 3.63) is 89.4 Å². The van der Waals surface area contributed by atoms with Gasteiger partial charge in [-0.05, 0) is 36.2 Å². The minimum atomic E-state index is -0.105. The number of aromatic amines is 1. The van der Waals surface area contributed by atoms with Crippen LogP contribution in [-0.4, -0.2) is 20.9 Å². The van der Waals surface area contributed by atoms with E-state index in [1.807, 2.05) is 53.9 Å². The molecule has 5 nitrogen and oxygen atoms in total. The monoisotopic (exact) mass is 438 g/mol. The molecule has 2 heterocycles. The van der Waals surface area contributed by atoms with Gasteiger partial charge in [-0.25, -0.2) is 9.97 Å². The minimum Gasteiger partial charge on any atom is -0.338 e. The summed E-state index contributed by atoms with van der Waals surface area (Å²) in [4.78, 5) is 25.5. The van der Waals surface area contributed by atoms with Crippen LogP contribution in [0, 0.1) is 0 Å². The fourth-order valence-electron chi connectivity index (χ4n) is 3.64. The van der Waals surface area contributed by atoms with E-state index in [1.54, 1.807) is 11.3 Å². The number of H-pyrrole nitrogens is 1. The number of aryl methyl sites for hydroxylation is 1. The van der Waals surface area contributed by atoms with E-state index in [2.05, 4.69) is 51.5 Å². The highest BCUT2D eigenvalue weighted by atomic mass is 32.1. The molecule has 32 heavy (non-hydrogen) atoms. The fourth-order valence-corrected chi connectivity index (χ4v) is 4.47. The van der Waals surface area contributed by atoms with Gasteiger partial charge in [-0.2, -0.15) is 0 Å². The van der Waals surface area contributed by atoms with Crippen LogP contribution >= 0.6 is 11.3 Å². The maximum Gasteiger partial charge on any atom is 0.230 e. The van der Waals surface area contributed by atoms with Crippen molar-refractivity contribution >= 4 is 34.0 Å². The first-order valence-electron chi connectivity index (χ1n) is 10.6. The Balaban J connectivity index is 1.32. The SMILES string of the molecule is CCc1ccc(-c2nc(CC(=O)Nc3ccccc3-c3nc4ccccc4[nH]3)cs2)cc1. The molecule has 0 saturated carbocycles. The number of fused-ring (bicyclic) bond motifs is 1. The number of carbonyl (C=O) groups is 1. The number of carbonyl (C=O) groups excluding carboxylic acids is 1. The van der Waals surface area contributed by atoms with Gasteiger partial charge in [0.2, 0.25) is 5.91 Å². The first kappa shape index (κ1) is 20.2. The van der Waals surface area contributed by atoms with Crippen LogP contribution in [0.15, 0.2) is 78.2 Å². The molecule has 2 aromatic heterocycles. The zero-order chi connectivity index (χ0) is 21.9. The lowest BCUT2D eigenvalue weighted by atomic mass is 10.1. The molecule has 0 radical (unpaired) electrons. The normalized spacial score (nSPS) is 11.0. The smallest absolute Gasteiger partial charge is 0.230 e. The van der Waals surface area contributed by atoms with Gasteiger partial charge in [-0.15, -0.1) is 11.3 Å². The van der Waals surface area contributed by atoms with Crippen molar-refractivity contribution in [3.8, 4) is 22.0 Å². The molecule has 0 unspecified atom stereocenters. The van der Waals surface area contributed by atoms with E-state index < -0.39 is 0 Å². The van der Waals surface area contributed by atoms with E-state index >= 15 is 0 Å². The topological polar surface area (TPSA) is 70.7 Å². The van der Waals surface area contributed by atoms with Crippen molar-refractivity contribution in [2.75, 3.05) is 5.32 Å². The number of thiazole rings is 1. The van der Waals surface area contributed by atoms with Crippen molar-refractivity contribution in [3.63, 3.8) is 0 Å². The molecule has 5 aromatic rings. The van der Waals surface area contributed by atoms with Crippen LogP contribution in [0.1, 0.15) is 18.2 Å². The summed E-state index contributed by atoms with van der Waals surface area (Å²) in [5, 5.41) is 5.91. The summed E-state index contributed by atoms with van der Waals surface area (Å²) in [6.07, 6.45) is 1.23. The molecule has 0 atom stereocenters. The first-order valence-corrected chi connectivity index (χ1v) is 11.5. The van der Waals surface area contributed by atoms with Crippen molar-refractivity contribution in [2.45, 2.75) is 19.8 Å². The quantitative estimate of drug-likeness (QED) is 0.337. The third-order valence-electron chi connectivity index (χ3n) is 5.35. The van der Waals surface area contributed by atoms with Gasteiger partial charge in [0.05, 0.1) is 28.8 Å². The summed E-state index contributed by atoms with van der Waals surface area (Å²) >= 11 is 1.56. The van der Waals surface area contributed by atoms with Crippen LogP contribution in [0.3, 0.4) is 0 Å². The Hall–Kier alpha value is -3.77. The maximum absolute atomic E-state index is 12.8. The van der Waals surface area contributed by atoms with Crippen molar-refractivity contribution in [2.24, 2.45) is 0 Å². The predicted molar refractivity (Wildman–Crippen MR) is 131 cm³/mol. The second-order valence-corrected chi connectivity index (χ2v) is 8.43. The molecule has 1 amide bonds. The molecule has 0 bridgehead atoms. The number of hydrogen-bond acceptors (Lipinski definition) is 4. The van der Waals surface area contributed by atoms with Gasteiger partial charge in [0.1, 0.15) is 10.8 Å². The maximum atomic E-state index is 12.8. The van der Waals surface area contributed by atoms with E-state index in [0.29, 0.717) is 0 Å². The van der Waals surface area contributed by atoms with Gasteiger partial charge in [0.15, 0.2) is 0 Å². The molecule has 0 aliphatic carbocycles. The summed E-state index contributed by atoms with van der Waals surface area (Å²) in [5.41, 5.74) is 6.58. The van der Waals surface area contributed by atoms with E-state index in [4.69, 9.17) is 0 Å². The summed E-state index contributed by atoms with van der Waals surface area (Å²) in [5.74, 6) is 0.625. The Morgan fingerprint density at radius 2 is 1.75 bits per heavy atom. The van der Waals surface area contributed by atoms with E-state index in [1.165, 1.54) is 5.56 Å². The number of amides is 1. The van der Waals surface area contributed by atoms with E-state index in [9.17, 15) is 4.79 Å². The van der Waals surface area contributed by atoms with Gasteiger partial charge in [-0.3, -0.25) is 4.79 Å². The van der Waals surface area contributed by atoms with Crippen molar-refractivity contribution < 1.29 is 4.79 Å². The van der Waals surface area contributed by atoms with Crippen molar-refractivity contribution in [1.82, 2.24) is 15.0 Å².